The monoisotopic (exact) mass is 468 g/mol. The fraction of sp³-hybridized carbons (Fsp3) is 0.208. The smallest absolute Gasteiger partial charge is 0.255 e. The van der Waals surface area contributed by atoms with Gasteiger partial charge in [-0.1, -0.05) is 30.3 Å². The quantitative estimate of drug-likeness (QED) is 0.525. The molecule has 166 valence electrons. The fourth-order valence-electron chi connectivity index (χ4n) is 3.29. The Bertz CT molecular complexity index is 1140. The van der Waals surface area contributed by atoms with Gasteiger partial charge in [-0.25, -0.2) is 8.42 Å². The molecular formula is C24H24N2O4S2. The molecule has 1 heterocycles. The molecule has 0 bridgehead atoms. The second kappa shape index (κ2) is 10.3. The summed E-state index contributed by atoms with van der Waals surface area (Å²) in [4.78, 5) is 14.0. The van der Waals surface area contributed by atoms with Crippen LogP contribution >= 0.6 is 11.8 Å². The van der Waals surface area contributed by atoms with Crippen molar-refractivity contribution in [3.63, 3.8) is 0 Å². The Balaban J connectivity index is 1.35. The molecule has 0 aliphatic carbocycles. The molecule has 0 unspecified atom stereocenters. The van der Waals surface area contributed by atoms with Gasteiger partial charge in [0.25, 0.3) is 5.91 Å². The molecule has 0 atom stereocenters. The van der Waals surface area contributed by atoms with Crippen LogP contribution in [0, 0.1) is 0 Å². The van der Waals surface area contributed by atoms with E-state index < -0.39 is 10.0 Å². The first-order valence-corrected chi connectivity index (χ1v) is 12.7. The fourth-order valence-corrected chi connectivity index (χ4v) is 5.57. The zero-order chi connectivity index (χ0) is 22.4. The van der Waals surface area contributed by atoms with Crippen molar-refractivity contribution in [3.8, 4) is 0 Å². The van der Waals surface area contributed by atoms with Crippen LogP contribution in [-0.2, 0) is 20.5 Å². The van der Waals surface area contributed by atoms with Crippen LogP contribution in [0.3, 0.4) is 0 Å². The number of rotatable bonds is 7. The average molecular weight is 469 g/mol. The van der Waals surface area contributed by atoms with Gasteiger partial charge >= 0.3 is 0 Å². The number of hydrogen-bond donors (Lipinski definition) is 1. The Morgan fingerprint density at radius 1 is 0.906 bits per heavy atom. The SMILES string of the molecule is O=C(Nc1ccc(S(=O)(=O)N2CCOCC2)cc1)c1ccc(CSc2ccccc2)cc1. The van der Waals surface area contributed by atoms with Gasteiger partial charge in [0, 0.05) is 35.0 Å². The Kier molecular flexibility index (Phi) is 7.26. The van der Waals surface area contributed by atoms with Crippen LogP contribution in [0.1, 0.15) is 15.9 Å². The highest BCUT2D eigenvalue weighted by molar-refractivity contribution is 7.98. The van der Waals surface area contributed by atoms with Gasteiger partial charge in [-0.3, -0.25) is 4.79 Å². The summed E-state index contributed by atoms with van der Waals surface area (Å²) >= 11 is 1.74. The van der Waals surface area contributed by atoms with E-state index in [-0.39, 0.29) is 10.8 Å². The summed E-state index contributed by atoms with van der Waals surface area (Å²) in [5.41, 5.74) is 2.22. The average Bonchev–Trinajstić information content (AvgIpc) is 2.84. The lowest BCUT2D eigenvalue weighted by molar-refractivity contribution is 0.0730. The Hall–Kier alpha value is -2.65. The van der Waals surface area contributed by atoms with Crippen molar-refractivity contribution >= 4 is 33.4 Å². The number of carbonyl (C=O) groups is 1. The van der Waals surface area contributed by atoms with Crippen LogP contribution in [0.25, 0.3) is 0 Å². The van der Waals surface area contributed by atoms with E-state index in [1.54, 1.807) is 36.0 Å². The minimum absolute atomic E-state index is 0.206. The standard InChI is InChI=1S/C24H24N2O4S2/c27-24(20-8-6-19(7-9-20)18-31-22-4-2-1-3-5-22)25-21-10-12-23(13-11-21)32(28,29)26-14-16-30-17-15-26/h1-13H,14-18H2,(H,25,27). The molecule has 4 rings (SSSR count). The molecular weight excluding hydrogens is 444 g/mol. The number of thioether (sulfide) groups is 1. The van der Waals surface area contributed by atoms with Gasteiger partial charge in [-0.15, -0.1) is 11.8 Å². The normalized spacial score (nSPS) is 14.8. The van der Waals surface area contributed by atoms with Crippen LogP contribution in [0.5, 0.6) is 0 Å². The van der Waals surface area contributed by atoms with Crippen LogP contribution < -0.4 is 5.32 Å². The zero-order valence-corrected chi connectivity index (χ0v) is 19.1. The summed E-state index contributed by atoms with van der Waals surface area (Å²) in [6, 6.07) is 23.9. The molecule has 1 N–H and O–H groups in total. The van der Waals surface area contributed by atoms with Crippen LogP contribution in [0.4, 0.5) is 5.69 Å². The number of carbonyl (C=O) groups excluding carboxylic acids is 1. The molecule has 1 fully saturated rings. The van der Waals surface area contributed by atoms with Crippen molar-refractivity contribution < 1.29 is 17.9 Å². The molecule has 3 aromatic rings. The van der Waals surface area contributed by atoms with Gasteiger partial charge in [-0.2, -0.15) is 4.31 Å². The molecule has 0 radical (unpaired) electrons. The van der Waals surface area contributed by atoms with E-state index in [4.69, 9.17) is 4.74 Å². The third-order valence-electron chi connectivity index (χ3n) is 5.08. The van der Waals surface area contributed by atoms with E-state index in [9.17, 15) is 13.2 Å². The van der Waals surface area contributed by atoms with E-state index in [1.807, 2.05) is 30.3 Å². The second-order valence-electron chi connectivity index (χ2n) is 7.29. The highest BCUT2D eigenvalue weighted by Crippen LogP contribution is 2.23. The minimum Gasteiger partial charge on any atom is -0.379 e. The van der Waals surface area contributed by atoms with Crippen LogP contribution in [-0.4, -0.2) is 44.9 Å². The number of sulfonamides is 1. The van der Waals surface area contributed by atoms with Crippen LogP contribution in [0.2, 0.25) is 0 Å². The summed E-state index contributed by atoms with van der Waals surface area (Å²) in [6.45, 7) is 1.50. The van der Waals surface area contributed by atoms with Gasteiger partial charge in [-0.05, 0) is 54.1 Å². The number of nitrogens with one attached hydrogen (secondary N) is 1. The zero-order valence-electron chi connectivity index (χ0n) is 17.4. The second-order valence-corrected chi connectivity index (χ2v) is 10.3. The molecule has 6 nitrogen and oxygen atoms in total. The van der Waals surface area contributed by atoms with E-state index in [1.165, 1.54) is 21.3 Å². The topological polar surface area (TPSA) is 75.7 Å². The first kappa shape index (κ1) is 22.5. The van der Waals surface area contributed by atoms with Gasteiger partial charge in [0.05, 0.1) is 18.1 Å². The first-order valence-electron chi connectivity index (χ1n) is 10.3. The number of ether oxygens (including phenoxy) is 1. The molecule has 1 amide bonds. The van der Waals surface area contributed by atoms with Crippen molar-refractivity contribution in [2.24, 2.45) is 0 Å². The van der Waals surface area contributed by atoms with Gasteiger partial charge in [0.15, 0.2) is 0 Å². The van der Waals surface area contributed by atoms with E-state index >= 15 is 0 Å². The number of anilines is 1. The lowest BCUT2D eigenvalue weighted by Crippen LogP contribution is -2.40. The third kappa shape index (κ3) is 5.58. The Labute approximate surface area is 192 Å². The van der Waals surface area contributed by atoms with Crippen molar-refractivity contribution in [1.29, 1.82) is 0 Å². The van der Waals surface area contributed by atoms with E-state index in [0.717, 1.165) is 11.3 Å². The van der Waals surface area contributed by atoms with Crippen molar-refractivity contribution in [1.82, 2.24) is 4.31 Å². The maximum absolute atomic E-state index is 12.7. The third-order valence-corrected chi connectivity index (χ3v) is 8.08. The van der Waals surface area contributed by atoms with Crippen molar-refractivity contribution in [2.45, 2.75) is 15.5 Å². The first-order chi connectivity index (χ1) is 15.5. The molecule has 3 aromatic carbocycles. The number of nitrogens with zero attached hydrogens (tertiary/aromatic N) is 1. The molecule has 1 aliphatic heterocycles. The van der Waals surface area contributed by atoms with Crippen molar-refractivity contribution in [2.75, 3.05) is 31.6 Å². The van der Waals surface area contributed by atoms with Crippen LogP contribution in [0.15, 0.2) is 88.7 Å². The lowest BCUT2D eigenvalue weighted by atomic mass is 10.1. The molecule has 0 aromatic heterocycles. The largest absolute Gasteiger partial charge is 0.379 e. The van der Waals surface area contributed by atoms with Gasteiger partial charge in [0.1, 0.15) is 0 Å². The maximum atomic E-state index is 12.7. The minimum atomic E-state index is -3.55. The highest BCUT2D eigenvalue weighted by Gasteiger charge is 2.26. The summed E-state index contributed by atoms with van der Waals surface area (Å²) in [5.74, 6) is 0.585. The molecule has 1 saturated heterocycles. The van der Waals surface area contributed by atoms with E-state index in [2.05, 4.69) is 17.4 Å². The Morgan fingerprint density at radius 3 is 2.22 bits per heavy atom. The summed E-state index contributed by atoms with van der Waals surface area (Å²) in [7, 11) is -3.55. The maximum Gasteiger partial charge on any atom is 0.255 e. The summed E-state index contributed by atoms with van der Waals surface area (Å²) in [6.07, 6.45) is 0. The molecule has 8 heteroatoms. The van der Waals surface area contributed by atoms with E-state index in [0.29, 0.717) is 37.6 Å². The summed E-state index contributed by atoms with van der Waals surface area (Å²) in [5, 5.41) is 2.82. The predicted molar refractivity (Wildman–Crippen MR) is 126 cm³/mol. The van der Waals surface area contributed by atoms with Crippen molar-refractivity contribution in [3.05, 3.63) is 90.0 Å². The number of morpholine rings is 1. The lowest BCUT2D eigenvalue weighted by Gasteiger charge is -2.26. The molecule has 1 aliphatic rings. The molecule has 0 spiro atoms. The van der Waals surface area contributed by atoms with Gasteiger partial charge < -0.3 is 10.1 Å². The highest BCUT2D eigenvalue weighted by atomic mass is 32.2. The summed E-state index contributed by atoms with van der Waals surface area (Å²) < 4.78 is 32.0. The number of hydrogen-bond acceptors (Lipinski definition) is 5. The number of amides is 1. The predicted octanol–water partition coefficient (Wildman–Crippen LogP) is 4.25. The van der Waals surface area contributed by atoms with Gasteiger partial charge in [0.2, 0.25) is 10.0 Å². The number of benzene rings is 3. The Morgan fingerprint density at radius 2 is 1.56 bits per heavy atom. The molecule has 0 saturated carbocycles. The molecule has 32 heavy (non-hydrogen) atoms.